The first-order valence-electron chi connectivity index (χ1n) is 5.47. The van der Waals surface area contributed by atoms with Crippen molar-refractivity contribution in [3.05, 3.63) is 11.9 Å². The number of imidazole rings is 1. The molecule has 0 spiro atoms. The quantitative estimate of drug-likeness (QED) is 0.772. The molecule has 5 heteroatoms. The van der Waals surface area contributed by atoms with Crippen LogP contribution in [0.4, 0.5) is 5.95 Å². The Kier molecular flexibility index (Phi) is 4.76. The first-order valence-corrected chi connectivity index (χ1v) is 5.47. The molecule has 1 N–H and O–H groups in total. The molecule has 0 aromatic carbocycles. The standard InChI is InChI=1S/C11H22N4O/c1-9(16-5)6-12-7-10-8-13-11(14(2)3)15(10)4/h8-9,12H,6-7H2,1-5H3. The van der Waals surface area contributed by atoms with Gasteiger partial charge in [-0.1, -0.05) is 0 Å². The Labute approximate surface area is 97.4 Å². The normalized spacial score (nSPS) is 12.8. The highest BCUT2D eigenvalue weighted by Gasteiger charge is 2.07. The third kappa shape index (κ3) is 3.21. The molecule has 5 nitrogen and oxygen atoms in total. The van der Waals surface area contributed by atoms with Crippen molar-refractivity contribution in [1.82, 2.24) is 14.9 Å². The maximum Gasteiger partial charge on any atom is 0.204 e. The van der Waals surface area contributed by atoms with Gasteiger partial charge in [-0.25, -0.2) is 4.98 Å². The van der Waals surface area contributed by atoms with Crippen molar-refractivity contribution in [1.29, 1.82) is 0 Å². The van der Waals surface area contributed by atoms with Gasteiger partial charge in [-0.3, -0.25) is 0 Å². The molecule has 0 bridgehead atoms. The summed E-state index contributed by atoms with van der Waals surface area (Å²) >= 11 is 0. The van der Waals surface area contributed by atoms with Crippen molar-refractivity contribution in [2.45, 2.75) is 19.6 Å². The van der Waals surface area contributed by atoms with Gasteiger partial charge in [0.15, 0.2) is 0 Å². The van der Waals surface area contributed by atoms with E-state index in [1.807, 2.05) is 39.2 Å². The number of nitrogens with zero attached hydrogens (tertiary/aromatic N) is 3. The molecule has 1 aromatic heterocycles. The van der Waals surface area contributed by atoms with Gasteiger partial charge in [-0.05, 0) is 6.92 Å². The van der Waals surface area contributed by atoms with Crippen molar-refractivity contribution < 1.29 is 4.74 Å². The highest BCUT2D eigenvalue weighted by Crippen LogP contribution is 2.10. The molecule has 0 radical (unpaired) electrons. The van der Waals surface area contributed by atoms with E-state index in [9.17, 15) is 0 Å². The van der Waals surface area contributed by atoms with Crippen molar-refractivity contribution >= 4 is 5.95 Å². The topological polar surface area (TPSA) is 42.3 Å². The second-order valence-electron chi connectivity index (χ2n) is 4.18. The predicted molar refractivity (Wildman–Crippen MR) is 65.7 cm³/mol. The number of nitrogens with one attached hydrogen (secondary N) is 1. The second kappa shape index (κ2) is 5.86. The molecule has 1 atom stereocenters. The summed E-state index contributed by atoms with van der Waals surface area (Å²) in [4.78, 5) is 6.35. The third-order valence-corrected chi connectivity index (χ3v) is 2.60. The summed E-state index contributed by atoms with van der Waals surface area (Å²) < 4.78 is 7.26. The second-order valence-corrected chi connectivity index (χ2v) is 4.18. The van der Waals surface area contributed by atoms with Crippen LogP contribution in [-0.2, 0) is 18.3 Å². The van der Waals surface area contributed by atoms with Crippen LogP contribution in [0.1, 0.15) is 12.6 Å². The molecule has 0 aliphatic carbocycles. The van der Waals surface area contributed by atoms with Gasteiger partial charge in [0.25, 0.3) is 0 Å². The first-order chi connectivity index (χ1) is 7.56. The van der Waals surface area contributed by atoms with Crippen molar-refractivity contribution in [2.24, 2.45) is 7.05 Å². The minimum absolute atomic E-state index is 0.238. The van der Waals surface area contributed by atoms with E-state index in [1.54, 1.807) is 7.11 Å². The van der Waals surface area contributed by atoms with Crippen molar-refractivity contribution in [2.75, 3.05) is 32.6 Å². The van der Waals surface area contributed by atoms with E-state index in [0.29, 0.717) is 0 Å². The molecule has 1 heterocycles. The fourth-order valence-electron chi connectivity index (χ4n) is 1.50. The lowest BCUT2D eigenvalue weighted by atomic mass is 10.4. The SMILES string of the molecule is COC(C)CNCc1cnc(N(C)C)n1C. The molecule has 1 unspecified atom stereocenters. The Morgan fingerprint density at radius 2 is 2.25 bits per heavy atom. The Bertz CT molecular complexity index is 322. The molecular weight excluding hydrogens is 204 g/mol. The predicted octanol–water partition coefficient (Wildman–Crippen LogP) is 0.611. The van der Waals surface area contributed by atoms with Crippen molar-refractivity contribution in [3.8, 4) is 0 Å². The van der Waals surface area contributed by atoms with Crippen LogP contribution in [0, 0.1) is 0 Å². The number of aromatic nitrogens is 2. The largest absolute Gasteiger partial charge is 0.380 e. The zero-order chi connectivity index (χ0) is 12.1. The maximum absolute atomic E-state index is 5.17. The highest BCUT2D eigenvalue weighted by molar-refractivity contribution is 5.30. The fourth-order valence-corrected chi connectivity index (χ4v) is 1.50. The van der Waals surface area contributed by atoms with Gasteiger partial charge >= 0.3 is 0 Å². The third-order valence-electron chi connectivity index (χ3n) is 2.60. The van der Waals surface area contributed by atoms with Gasteiger partial charge in [0, 0.05) is 41.3 Å². The lowest BCUT2D eigenvalue weighted by Gasteiger charge is -2.14. The van der Waals surface area contributed by atoms with Crippen LogP contribution in [0.15, 0.2) is 6.20 Å². The lowest BCUT2D eigenvalue weighted by Crippen LogP contribution is -2.26. The summed E-state index contributed by atoms with van der Waals surface area (Å²) in [6, 6.07) is 0. The molecule has 0 aliphatic rings. The fraction of sp³-hybridized carbons (Fsp3) is 0.727. The molecule has 16 heavy (non-hydrogen) atoms. The minimum atomic E-state index is 0.238. The Morgan fingerprint density at radius 3 is 2.75 bits per heavy atom. The number of hydrogen-bond acceptors (Lipinski definition) is 4. The van der Waals surface area contributed by atoms with E-state index < -0.39 is 0 Å². The molecule has 92 valence electrons. The molecule has 0 amide bonds. The zero-order valence-electron chi connectivity index (χ0n) is 10.8. The lowest BCUT2D eigenvalue weighted by molar-refractivity contribution is 0.117. The number of anilines is 1. The monoisotopic (exact) mass is 226 g/mol. The molecule has 0 aliphatic heterocycles. The van der Waals surface area contributed by atoms with E-state index >= 15 is 0 Å². The summed E-state index contributed by atoms with van der Waals surface area (Å²) in [5.74, 6) is 0.969. The van der Waals surface area contributed by atoms with E-state index in [0.717, 1.165) is 19.0 Å². The van der Waals surface area contributed by atoms with E-state index in [4.69, 9.17) is 4.74 Å². The Balaban J connectivity index is 2.49. The molecule has 0 saturated heterocycles. The van der Waals surface area contributed by atoms with E-state index in [1.165, 1.54) is 5.69 Å². The smallest absolute Gasteiger partial charge is 0.204 e. The average molecular weight is 226 g/mol. The van der Waals surface area contributed by atoms with Crippen LogP contribution < -0.4 is 10.2 Å². The summed E-state index contributed by atoms with van der Waals surface area (Å²) in [7, 11) is 7.73. The zero-order valence-corrected chi connectivity index (χ0v) is 10.8. The van der Waals surface area contributed by atoms with Crippen LogP contribution >= 0.6 is 0 Å². The van der Waals surface area contributed by atoms with Crippen LogP contribution in [0.5, 0.6) is 0 Å². The summed E-state index contributed by atoms with van der Waals surface area (Å²) in [6.07, 6.45) is 2.14. The number of rotatable bonds is 6. The minimum Gasteiger partial charge on any atom is -0.380 e. The van der Waals surface area contributed by atoms with Crippen LogP contribution in [0.2, 0.25) is 0 Å². The molecule has 1 aromatic rings. The number of ether oxygens (including phenoxy) is 1. The van der Waals surface area contributed by atoms with Gasteiger partial charge in [0.1, 0.15) is 0 Å². The van der Waals surface area contributed by atoms with Gasteiger partial charge in [-0.15, -0.1) is 0 Å². The number of hydrogen-bond donors (Lipinski definition) is 1. The van der Waals surface area contributed by atoms with Crippen LogP contribution in [-0.4, -0.2) is 43.4 Å². The van der Waals surface area contributed by atoms with E-state index in [2.05, 4.69) is 14.9 Å². The molecule has 0 fully saturated rings. The van der Waals surface area contributed by atoms with Gasteiger partial charge in [0.2, 0.25) is 5.95 Å². The van der Waals surface area contributed by atoms with Crippen LogP contribution in [0.25, 0.3) is 0 Å². The van der Waals surface area contributed by atoms with Crippen molar-refractivity contribution in [3.63, 3.8) is 0 Å². The average Bonchev–Trinajstić information content (AvgIpc) is 2.60. The summed E-state index contributed by atoms with van der Waals surface area (Å²) in [5, 5.41) is 3.34. The Morgan fingerprint density at radius 1 is 1.56 bits per heavy atom. The summed E-state index contributed by atoms with van der Waals surface area (Å²) in [6.45, 7) is 3.70. The van der Waals surface area contributed by atoms with Crippen LogP contribution in [0.3, 0.4) is 0 Å². The van der Waals surface area contributed by atoms with Gasteiger partial charge in [-0.2, -0.15) is 0 Å². The maximum atomic E-state index is 5.17. The van der Waals surface area contributed by atoms with E-state index in [-0.39, 0.29) is 6.10 Å². The molecular formula is C11H22N4O. The first kappa shape index (κ1) is 13.0. The van der Waals surface area contributed by atoms with Gasteiger partial charge in [0.05, 0.1) is 18.0 Å². The number of methoxy groups -OCH3 is 1. The highest BCUT2D eigenvalue weighted by atomic mass is 16.5. The summed E-state index contributed by atoms with van der Waals surface area (Å²) in [5.41, 5.74) is 1.17. The Hall–Kier alpha value is -1.07. The molecule has 0 saturated carbocycles. The van der Waals surface area contributed by atoms with Gasteiger partial charge < -0.3 is 19.5 Å². The molecule has 1 rings (SSSR count).